The lowest BCUT2D eigenvalue weighted by Gasteiger charge is -2.09. The molecule has 0 fully saturated rings. The molecule has 0 saturated heterocycles. The second kappa shape index (κ2) is 5.14. The fraction of sp³-hybridized carbons (Fsp3) is 0.417. The standard InChI is InChI=1S/C12H16N4O2/c1-8-6-9(16(2)15-8)7-11(17)10-4-5-12(18-3)14-13-10/h4-6,11,17H,7H2,1-3H3. The minimum absolute atomic E-state index is 0.433. The number of rotatable bonds is 4. The van der Waals surface area contributed by atoms with Crippen LogP contribution in [0.2, 0.25) is 0 Å². The monoisotopic (exact) mass is 248 g/mol. The second-order valence-electron chi connectivity index (χ2n) is 4.12. The number of nitrogens with zero attached hydrogens (tertiary/aromatic N) is 4. The zero-order valence-electron chi connectivity index (χ0n) is 10.7. The summed E-state index contributed by atoms with van der Waals surface area (Å²) in [6, 6.07) is 5.33. The highest BCUT2D eigenvalue weighted by Crippen LogP contribution is 2.17. The van der Waals surface area contributed by atoms with Crippen LogP contribution in [-0.2, 0) is 13.5 Å². The molecule has 0 saturated carbocycles. The first-order chi connectivity index (χ1) is 8.60. The summed E-state index contributed by atoms with van der Waals surface area (Å²) in [7, 11) is 3.38. The van der Waals surface area contributed by atoms with Crippen molar-refractivity contribution >= 4 is 0 Å². The van der Waals surface area contributed by atoms with Crippen LogP contribution in [0.15, 0.2) is 18.2 Å². The summed E-state index contributed by atoms with van der Waals surface area (Å²) in [6.45, 7) is 1.92. The number of aryl methyl sites for hydroxylation is 2. The zero-order valence-corrected chi connectivity index (χ0v) is 10.7. The highest BCUT2D eigenvalue weighted by atomic mass is 16.5. The number of aliphatic hydroxyl groups is 1. The molecule has 1 N–H and O–H groups in total. The van der Waals surface area contributed by atoms with Crippen molar-refractivity contribution < 1.29 is 9.84 Å². The van der Waals surface area contributed by atoms with Gasteiger partial charge in [-0.1, -0.05) is 0 Å². The SMILES string of the molecule is COc1ccc(C(O)Cc2cc(C)nn2C)nn1. The molecular formula is C12H16N4O2. The van der Waals surface area contributed by atoms with Crippen LogP contribution in [0.4, 0.5) is 0 Å². The van der Waals surface area contributed by atoms with Gasteiger partial charge in [-0.3, -0.25) is 4.68 Å². The van der Waals surface area contributed by atoms with Crippen LogP contribution < -0.4 is 4.74 Å². The molecule has 2 aromatic heterocycles. The molecule has 2 rings (SSSR count). The van der Waals surface area contributed by atoms with Crippen molar-refractivity contribution in [3.05, 3.63) is 35.3 Å². The van der Waals surface area contributed by atoms with Crippen molar-refractivity contribution in [3.63, 3.8) is 0 Å². The van der Waals surface area contributed by atoms with E-state index in [0.29, 0.717) is 18.0 Å². The van der Waals surface area contributed by atoms with Crippen molar-refractivity contribution in [2.45, 2.75) is 19.4 Å². The van der Waals surface area contributed by atoms with Crippen molar-refractivity contribution in [1.29, 1.82) is 0 Å². The number of aromatic nitrogens is 4. The third-order valence-corrected chi connectivity index (χ3v) is 2.71. The third kappa shape index (κ3) is 2.65. The molecule has 0 aliphatic heterocycles. The minimum Gasteiger partial charge on any atom is -0.480 e. The van der Waals surface area contributed by atoms with Gasteiger partial charge in [-0.15, -0.1) is 10.2 Å². The summed E-state index contributed by atoms with van der Waals surface area (Å²) in [5.41, 5.74) is 2.41. The quantitative estimate of drug-likeness (QED) is 0.866. The summed E-state index contributed by atoms with van der Waals surface area (Å²) in [5.74, 6) is 0.433. The van der Waals surface area contributed by atoms with Crippen LogP contribution in [0.1, 0.15) is 23.2 Å². The van der Waals surface area contributed by atoms with Crippen LogP contribution >= 0.6 is 0 Å². The lowest BCUT2D eigenvalue weighted by molar-refractivity contribution is 0.169. The molecule has 1 unspecified atom stereocenters. The van der Waals surface area contributed by atoms with Gasteiger partial charge in [-0.2, -0.15) is 5.10 Å². The average Bonchev–Trinajstić information content (AvgIpc) is 2.68. The van der Waals surface area contributed by atoms with Crippen molar-refractivity contribution in [2.75, 3.05) is 7.11 Å². The van der Waals surface area contributed by atoms with Crippen LogP contribution in [0.3, 0.4) is 0 Å². The van der Waals surface area contributed by atoms with E-state index in [4.69, 9.17) is 4.74 Å². The molecule has 1 atom stereocenters. The molecule has 6 heteroatoms. The van der Waals surface area contributed by atoms with Crippen molar-refractivity contribution in [2.24, 2.45) is 7.05 Å². The molecule has 0 aliphatic rings. The van der Waals surface area contributed by atoms with Gasteiger partial charge in [-0.05, 0) is 19.1 Å². The third-order valence-electron chi connectivity index (χ3n) is 2.71. The first-order valence-corrected chi connectivity index (χ1v) is 5.65. The molecule has 0 spiro atoms. The van der Waals surface area contributed by atoms with E-state index in [9.17, 15) is 5.11 Å². The second-order valence-corrected chi connectivity index (χ2v) is 4.12. The Hall–Kier alpha value is -1.95. The van der Waals surface area contributed by atoms with Gasteiger partial charge in [0, 0.05) is 25.2 Å². The Balaban J connectivity index is 2.11. The predicted octanol–water partition coefficient (Wildman–Crippen LogP) is 0.803. The molecule has 2 aromatic rings. The van der Waals surface area contributed by atoms with Gasteiger partial charge < -0.3 is 9.84 Å². The highest BCUT2D eigenvalue weighted by molar-refractivity contribution is 5.16. The lowest BCUT2D eigenvalue weighted by atomic mass is 10.1. The zero-order chi connectivity index (χ0) is 13.1. The molecule has 18 heavy (non-hydrogen) atoms. The fourth-order valence-electron chi connectivity index (χ4n) is 1.77. The van der Waals surface area contributed by atoms with Crippen LogP contribution in [-0.4, -0.2) is 32.2 Å². The van der Waals surface area contributed by atoms with Gasteiger partial charge in [0.15, 0.2) is 0 Å². The lowest BCUT2D eigenvalue weighted by Crippen LogP contribution is -2.08. The van der Waals surface area contributed by atoms with Gasteiger partial charge >= 0.3 is 0 Å². The van der Waals surface area contributed by atoms with E-state index >= 15 is 0 Å². The number of aliphatic hydroxyl groups excluding tert-OH is 1. The van der Waals surface area contributed by atoms with Crippen LogP contribution in [0.25, 0.3) is 0 Å². The Morgan fingerprint density at radius 3 is 2.67 bits per heavy atom. The van der Waals surface area contributed by atoms with E-state index in [1.165, 1.54) is 7.11 Å². The predicted molar refractivity (Wildman–Crippen MR) is 65.2 cm³/mol. The van der Waals surface area contributed by atoms with E-state index in [1.54, 1.807) is 16.8 Å². The van der Waals surface area contributed by atoms with Gasteiger partial charge in [-0.25, -0.2) is 0 Å². The van der Waals surface area contributed by atoms with Crippen LogP contribution in [0, 0.1) is 6.92 Å². The van der Waals surface area contributed by atoms with E-state index in [-0.39, 0.29) is 0 Å². The topological polar surface area (TPSA) is 73.1 Å². The first-order valence-electron chi connectivity index (χ1n) is 5.65. The Labute approximate surface area is 105 Å². The summed E-state index contributed by atoms with van der Waals surface area (Å²) < 4.78 is 6.68. The van der Waals surface area contributed by atoms with Gasteiger partial charge in [0.1, 0.15) is 6.10 Å². The van der Waals surface area contributed by atoms with E-state index in [0.717, 1.165) is 11.4 Å². The van der Waals surface area contributed by atoms with Gasteiger partial charge in [0.2, 0.25) is 5.88 Å². The summed E-state index contributed by atoms with van der Waals surface area (Å²) in [4.78, 5) is 0. The largest absolute Gasteiger partial charge is 0.480 e. The van der Waals surface area contributed by atoms with Gasteiger partial charge in [0.25, 0.3) is 0 Å². The van der Waals surface area contributed by atoms with Crippen molar-refractivity contribution in [1.82, 2.24) is 20.0 Å². The minimum atomic E-state index is -0.696. The highest BCUT2D eigenvalue weighted by Gasteiger charge is 2.13. The van der Waals surface area contributed by atoms with E-state index in [1.807, 2.05) is 20.0 Å². The van der Waals surface area contributed by atoms with Crippen molar-refractivity contribution in [3.8, 4) is 5.88 Å². The number of ether oxygens (including phenoxy) is 1. The average molecular weight is 248 g/mol. The molecule has 0 amide bonds. The number of methoxy groups -OCH3 is 1. The molecular weight excluding hydrogens is 232 g/mol. The summed E-state index contributed by atoms with van der Waals surface area (Å²) in [6.07, 6.45) is -0.239. The normalized spacial score (nSPS) is 12.4. The maximum absolute atomic E-state index is 10.1. The van der Waals surface area contributed by atoms with Gasteiger partial charge in [0.05, 0.1) is 18.5 Å². The molecule has 0 bridgehead atoms. The molecule has 0 aromatic carbocycles. The number of hydrogen-bond acceptors (Lipinski definition) is 5. The first kappa shape index (κ1) is 12.5. The molecule has 2 heterocycles. The van der Waals surface area contributed by atoms with Crippen LogP contribution in [0.5, 0.6) is 5.88 Å². The smallest absolute Gasteiger partial charge is 0.233 e. The number of hydrogen-bond donors (Lipinski definition) is 1. The summed E-state index contributed by atoms with van der Waals surface area (Å²) >= 11 is 0. The maximum atomic E-state index is 10.1. The van der Waals surface area contributed by atoms with E-state index < -0.39 is 6.10 Å². The Kier molecular flexibility index (Phi) is 3.57. The molecule has 6 nitrogen and oxygen atoms in total. The Morgan fingerprint density at radius 2 is 2.17 bits per heavy atom. The fourth-order valence-corrected chi connectivity index (χ4v) is 1.77. The summed E-state index contributed by atoms with van der Waals surface area (Å²) in [5, 5.41) is 22.1. The molecule has 0 radical (unpaired) electrons. The Bertz CT molecular complexity index is 521. The van der Waals surface area contributed by atoms with E-state index in [2.05, 4.69) is 15.3 Å². The molecule has 0 aliphatic carbocycles. The maximum Gasteiger partial charge on any atom is 0.233 e. The Morgan fingerprint density at radius 1 is 1.39 bits per heavy atom. The molecule has 96 valence electrons.